The molecule has 4 nitrogen and oxygen atoms in total. The van der Waals surface area contributed by atoms with Crippen molar-refractivity contribution in [1.29, 1.82) is 0 Å². The lowest BCUT2D eigenvalue weighted by molar-refractivity contribution is -0.120. The van der Waals surface area contributed by atoms with Crippen LogP contribution < -0.4 is 11.3 Å². The van der Waals surface area contributed by atoms with Crippen molar-refractivity contribution >= 4 is 11.6 Å². The van der Waals surface area contributed by atoms with E-state index in [1.54, 1.807) is 6.20 Å². The van der Waals surface area contributed by atoms with Crippen molar-refractivity contribution in [1.82, 2.24) is 15.2 Å². The van der Waals surface area contributed by atoms with Crippen LogP contribution in [0.5, 0.6) is 0 Å². The van der Waals surface area contributed by atoms with Crippen molar-refractivity contribution in [3.05, 3.63) is 16.9 Å². The number of aromatic nitrogens is 2. The summed E-state index contributed by atoms with van der Waals surface area (Å²) in [7, 11) is 1.97. The highest BCUT2D eigenvalue weighted by Gasteiger charge is 2.59. The summed E-state index contributed by atoms with van der Waals surface area (Å²) in [6.45, 7) is 2.48. The lowest BCUT2D eigenvalue weighted by Gasteiger charge is -2.63. The third kappa shape index (κ3) is 1.99. The second kappa shape index (κ2) is 4.46. The Kier molecular flexibility index (Phi) is 2.98. The smallest absolute Gasteiger partial charge is 0.0834 e. The SMILES string of the molecule is Cn1ncc(Cl)c1C(NN)C12CC3CC(CC(C)(C3)C1)C2. The van der Waals surface area contributed by atoms with Crippen LogP contribution in [0.2, 0.25) is 5.02 Å². The van der Waals surface area contributed by atoms with Gasteiger partial charge in [-0.3, -0.25) is 16.0 Å². The maximum absolute atomic E-state index is 6.41. The summed E-state index contributed by atoms with van der Waals surface area (Å²) in [6, 6.07) is 0.114. The Morgan fingerprint density at radius 1 is 1.38 bits per heavy atom. The summed E-state index contributed by atoms with van der Waals surface area (Å²) >= 11 is 6.41. The predicted octanol–water partition coefficient (Wildman–Crippen LogP) is 3.18. The summed E-state index contributed by atoms with van der Waals surface area (Å²) in [5.74, 6) is 7.76. The van der Waals surface area contributed by atoms with Crippen molar-refractivity contribution in [2.24, 2.45) is 35.6 Å². The van der Waals surface area contributed by atoms with Crippen molar-refractivity contribution in [3.63, 3.8) is 0 Å². The van der Waals surface area contributed by atoms with E-state index in [1.165, 1.54) is 38.5 Å². The van der Waals surface area contributed by atoms with E-state index in [0.29, 0.717) is 5.41 Å². The van der Waals surface area contributed by atoms with Gasteiger partial charge in [-0.15, -0.1) is 0 Å². The van der Waals surface area contributed by atoms with Gasteiger partial charge in [0, 0.05) is 7.05 Å². The van der Waals surface area contributed by atoms with Gasteiger partial charge in [0.15, 0.2) is 0 Å². The van der Waals surface area contributed by atoms with Crippen molar-refractivity contribution in [2.75, 3.05) is 0 Å². The minimum Gasteiger partial charge on any atom is -0.271 e. The van der Waals surface area contributed by atoms with Gasteiger partial charge in [-0.25, -0.2) is 0 Å². The molecule has 4 bridgehead atoms. The first-order valence-electron chi connectivity index (χ1n) is 8.08. The third-order valence-corrected chi connectivity index (χ3v) is 6.68. The largest absolute Gasteiger partial charge is 0.271 e. The first-order chi connectivity index (χ1) is 9.95. The van der Waals surface area contributed by atoms with Crippen LogP contribution in [0.15, 0.2) is 6.20 Å². The van der Waals surface area contributed by atoms with Gasteiger partial charge >= 0.3 is 0 Å². The molecule has 3 atom stereocenters. The Morgan fingerprint density at radius 2 is 2.05 bits per heavy atom. The summed E-state index contributed by atoms with van der Waals surface area (Å²) in [5, 5.41) is 5.06. The summed E-state index contributed by atoms with van der Waals surface area (Å²) in [4.78, 5) is 0. The average molecular weight is 309 g/mol. The first-order valence-corrected chi connectivity index (χ1v) is 8.46. The molecule has 4 aliphatic rings. The Balaban J connectivity index is 1.77. The molecule has 1 heterocycles. The molecule has 0 aliphatic heterocycles. The molecule has 0 saturated heterocycles. The first kappa shape index (κ1) is 14.0. The van der Waals surface area contributed by atoms with E-state index in [4.69, 9.17) is 17.4 Å². The Morgan fingerprint density at radius 3 is 2.52 bits per heavy atom. The van der Waals surface area contributed by atoms with Crippen LogP contribution in [0.25, 0.3) is 0 Å². The van der Waals surface area contributed by atoms with E-state index in [-0.39, 0.29) is 11.5 Å². The number of hydrogen-bond donors (Lipinski definition) is 2. The molecule has 0 amide bonds. The Hall–Kier alpha value is -0.580. The van der Waals surface area contributed by atoms with Gasteiger partial charge in [0.1, 0.15) is 0 Å². The zero-order valence-corrected chi connectivity index (χ0v) is 13.7. The normalized spacial score (nSPS) is 42.5. The number of rotatable bonds is 3. The molecule has 3 N–H and O–H groups in total. The minimum atomic E-state index is 0.114. The zero-order chi connectivity index (χ0) is 14.8. The zero-order valence-electron chi connectivity index (χ0n) is 12.9. The second-order valence-corrected chi connectivity index (χ2v) is 8.64. The molecular formula is C16H25ClN4. The molecule has 116 valence electrons. The highest BCUT2D eigenvalue weighted by Crippen LogP contribution is 2.68. The molecule has 3 unspecified atom stereocenters. The van der Waals surface area contributed by atoms with Crippen LogP contribution in [0.3, 0.4) is 0 Å². The average Bonchev–Trinajstić information content (AvgIpc) is 2.68. The third-order valence-electron chi connectivity index (χ3n) is 6.39. The molecule has 4 saturated carbocycles. The highest BCUT2D eigenvalue weighted by atomic mass is 35.5. The van der Waals surface area contributed by atoms with Crippen LogP contribution in [0.4, 0.5) is 0 Å². The van der Waals surface area contributed by atoms with Crippen LogP contribution in [0.1, 0.15) is 57.2 Å². The number of hydrogen-bond acceptors (Lipinski definition) is 3. The van der Waals surface area contributed by atoms with E-state index in [9.17, 15) is 0 Å². The maximum Gasteiger partial charge on any atom is 0.0834 e. The number of nitrogens with one attached hydrogen (secondary N) is 1. The molecule has 21 heavy (non-hydrogen) atoms. The number of nitrogens with two attached hydrogens (primary N) is 1. The van der Waals surface area contributed by atoms with Gasteiger partial charge in [0.25, 0.3) is 0 Å². The van der Waals surface area contributed by atoms with Crippen molar-refractivity contribution in [2.45, 2.75) is 51.5 Å². The number of hydrazine groups is 1. The number of aryl methyl sites for hydroxylation is 1. The van der Waals surface area contributed by atoms with Gasteiger partial charge in [-0.1, -0.05) is 18.5 Å². The predicted molar refractivity (Wildman–Crippen MR) is 83.5 cm³/mol. The van der Waals surface area contributed by atoms with E-state index in [2.05, 4.69) is 17.4 Å². The Labute approximate surface area is 131 Å². The van der Waals surface area contributed by atoms with Gasteiger partial charge < -0.3 is 0 Å². The monoisotopic (exact) mass is 308 g/mol. The van der Waals surface area contributed by atoms with E-state index < -0.39 is 0 Å². The van der Waals surface area contributed by atoms with Gasteiger partial charge in [0.2, 0.25) is 0 Å². The molecule has 0 aromatic carbocycles. The van der Waals surface area contributed by atoms with Crippen LogP contribution in [-0.2, 0) is 7.05 Å². The standard InChI is InChI=1S/C16H25ClN4/c1-15-4-10-3-11(5-15)7-16(6-10,9-15)14(20-18)13-12(17)8-19-21(13)2/h8,10-11,14,20H,3-7,9,18H2,1-2H3. The highest BCUT2D eigenvalue weighted by molar-refractivity contribution is 6.31. The second-order valence-electron chi connectivity index (χ2n) is 8.24. The molecule has 1 aromatic rings. The van der Waals surface area contributed by atoms with E-state index in [0.717, 1.165) is 22.6 Å². The quantitative estimate of drug-likeness (QED) is 0.666. The minimum absolute atomic E-state index is 0.114. The molecule has 4 aliphatic carbocycles. The number of nitrogens with zero attached hydrogens (tertiary/aromatic N) is 2. The molecule has 5 heteroatoms. The van der Waals surface area contributed by atoms with Crippen molar-refractivity contribution < 1.29 is 0 Å². The molecular weight excluding hydrogens is 284 g/mol. The topological polar surface area (TPSA) is 55.9 Å². The summed E-state index contributed by atoms with van der Waals surface area (Å²) in [5.41, 5.74) is 4.93. The molecule has 1 aromatic heterocycles. The lowest BCUT2D eigenvalue weighted by Crippen LogP contribution is -2.56. The molecule has 0 spiro atoms. The van der Waals surface area contributed by atoms with Crippen molar-refractivity contribution in [3.8, 4) is 0 Å². The summed E-state index contributed by atoms with van der Waals surface area (Å²) in [6.07, 6.45) is 9.81. The molecule has 0 radical (unpaired) electrons. The van der Waals surface area contributed by atoms with Gasteiger partial charge in [-0.05, 0) is 61.2 Å². The maximum atomic E-state index is 6.41. The van der Waals surface area contributed by atoms with E-state index >= 15 is 0 Å². The molecule has 5 rings (SSSR count). The fourth-order valence-corrected chi connectivity index (χ4v) is 6.70. The van der Waals surface area contributed by atoms with Crippen LogP contribution in [-0.4, -0.2) is 9.78 Å². The Bertz CT molecular complexity index is 533. The molecule has 4 fully saturated rings. The number of halogens is 1. The van der Waals surface area contributed by atoms with E-state index in [1.807, 2.05) is 11.7 Å². The van der Waals surface area contributed by atoms with Gasteiger partial charge in [-0.2, -0.15) is 5.10 Å². The van der Waals surface area contributed by atoms with Crippen LogP contribution in [0, 0.1) is 22.7 Å². The summed E-state index contributed by atoms with van der Waals surface area (Å²) < 4.78 is 1.90. The fraction of sp³-hybridized carbons (Fsp3) is 0.812. The lowest BCUT2D eigenvalue weighted by atomic mass is 9.43. The van der Waals surface area contributed by atoms with Gasteiger partial charge in [0.05, 0.1) is 23.0 Å². The van der Waals surface area contributed by atoms with Crippen LogP contribution >= 0.6 is 11.6 Å². The fourth-order valence-electron chi connectivity index (χ4n) is 6.43.